The molecule has 1 saturated heterocycles. The number of hydrogen-bond donors (Lipinski definition) is 0. The van der Waals surface area contributed by atoms with Crippen LogP contribution in [0.15, 0.2) is 67.4 Å². The molecule has 5 rings (SSSR count). The number of hydrogen-bond acceptors (Lipinski definition) is 4. The Hall–Kier alpha value is -2.89. The number of ether oxygens (including phenoxy) is 2. The highest BCUT2D eigenvalue weighted by Gasteiger charge is 2.30. The van der Waals surface area contributed by atoms with Crippen molar-refractivity contribution in [3.63, 3.8) is 0 Å². The van der Waals surface area contributed by atoms with E-state index in [1.807, 2.05) is 12.1 Å². The second-order valence-electron chi connectivity index (χ2n) is 8.77. The van der Waals surface area contributed by atoms with E-state index in [-0.39, 0.29) is 12.2 Å². The molecule has 32 heavy (non-hydrogen) atoms. The zero-order valence-corrected chi connectivity index (χ0v) is 18.7. The van der Waals surface area contributed by atoms with Crippen molar-refractivity contribution >= 4 is 0 Å². The molecule has 0 radical (unpaired) electrons. The summed E-state index contributed by atoms with van der Waals surface area (Å²) in [5.41, 5.74) is 4.69. The van der Waals surface area contributed by atoms with Crippen LogP contribution >= 0.6 is 0 Å². The Morgan fingerprint density at radius 2 is 1.84 bits per heavy atom. The van der Waals surface area contributed by atoms with Crippen molar-refractivity contribution in [1.82, 2.24) is 14.5 Å². The Balaban J connectivity index is 1.46. The summed E-state index contributed by atoms with van der Waals surface area (Å²) in [6.07, 6.45) is 7.17. The highest BCUT2D eigenvalue weighted by molar-refractivity contribution is 5.60. The van der Waals surface area contributed by atoms with Gasteiger partial charge < -0.3 is 18.9 Å². The van der Waals surface area contributed by atoms with E-state index in [2.05, 4.69) is 65.7 Å². The molecule has 0 bridgehead atoms. The van der Waals surface area contributed by atoms with Gasteiger partial charge in [-0.2, -0.15) is 0 Å². The zero-order chi connectivity index (χ0) is 21.9. The second-order valence-corrected chi connectivity index (χ2v) is 8.77. The highest BCUT2D eigenvalue weighted by Crippen LogP contribution is 2.36. The van der Waals surface area contributed by atoms with E-state index in [1.165, 1.54) is 11.1 Å². The van der Waals surface area contributed by atoms with Crippen molar-refractivity contribution < 1.29 is 9.47 Å². The van der Waals surface area contributed by atoms with E-state index in [9.17, 15) is 0 Å². The lowest BCUT2D eigenvalue weighted by Crippen LogP contribution is -2.35. The summed E-state index contributed by atoms with van der Waals surface area (Å²) in [7, 11) is 2.18. The third-order valence-corrected chi connectivity index (χ3v) is 6.51. The van der Waals surface area contributed by atoms with Crippen LogP contribution in [0.1, 0.15) is 35.9 Å². The lowest BCUT2D eigenvalue weighted by atomic mass is 10.00. The zero-order valence-electron chi connectivity index (χ0n) is 18.7. The number of aryl methyl sites for hydroxylation is 2. The predicted octanol–water partition coefficient (Wildman–Crippen LogP) is 4.87. The number of fused-ring (bicyclic) bond motifs is 2. The van der Waals surface area contributed by atoms with Gasteiger partial charge in [0.15, 0.2) is 0 Å². The molecule has 0 aliphatic carbocycles. The fourth-order valence-electron chi connectivity index (χ4n) is 4.68. The van der Waals surface area contributed by atoms with Gasteiger partial charge in [0.2, 0.25) is 0 Å². The van der Waals surface area contributed by atoms with Crippen LogP contribution in [0, 0.1) is 0 Å². The molecular weight excluding hydrogens is 398 g/mol. The minimum Gasteiger partial charge on any atom is -0.490 e. The summed E-state index contributed by atoms with van der Waals surface area (Å²) in [6.45, 7) is 7.28. The number of piperidine rings is 1. The minimum atomic E-state index is -0.133. The van der Waals surface area contributed by atoms with Gasteiger partial charge in [-0.05, 0) is 61.7 Å². The molecule has 166 valence electrons. The number of benzene rings is 2. The number of imidazole rings is 1. The largest absolute Gasteiger partial charge is 0.490 e. The third-order valence-electron chi connectivity index (χ3n) is 6.51. The predicted molar refractivity (Wildman–Crippen MR) is 127 cm³/mol. The molecule has 5 heteroatoms. The fourth-order valence-corrected chi connectivity index (χ4v) is 4.68. The van der Waals surface area contributed by atoms with Gasteiger partial charge in [-0.1, -0.05) is 36.9 Å². The maximum Gasteiger partial charge on any atom is 0.143 e. The Morgan fingerprint density at radius 3 is 2.62 bits per heavy atom. The molecule has 0 amide bonds. The van der Waals surface area contributed by atoms with Gasteiger partial charge in [0, 0.05) is 31.4 Å². The summed E-state index contributed by atoms with van der Waals surface area (Å²) in [4.78, 5) is 7.48. The van der Waals surface area contributed by atoms with Crippen molar-refractivity contribution in [1.29, 1.82) is 0 Å². The molecular formula is C27H31N3O2. The number of rotatable bonds is 6. The van der Waals surface area contributed by atoms with Crippen molar-refractivity contribution in [3.05, 3.63) is 84.3 Å². The van der Waals surface area contributed by atoms with E-state index >= 15 is 0 Å². The number of nitrogens with zero attached hydrogens (tertiary/aromatic N) is 3. The van der Waals surface area contributed by atoms with Crippen LogP contribution < -0.4 is 4.74 Å². The van der Waals surface area contributed by atoms with Crippen molar-refractivity contribution in [3.8, 4) is 17.0 Å². The Kier molecular flexibility index (Phi) is 6.10. The second kappa shape index (κ2) is 9.31. The molecule has 2 aliphatic heterocycles. The van der Waals surface area contributed by atoms with Crippen LogP contribution in [0.5, 0.6) is 5.75 Å². The van der Waals surface area contributed by atoms with Crippen LogP contribution in [0.25, 0.3) is 11.3 Å². The topological polar surface area (TPSA) is 39.5 Å². The van der Waals surface area contributed by atoms with Gasteiger partial charge in [-0.25, -0.2) is 4.98 Å². The fraction of sp³-hybridized carbons (Fsp3) is 0.370. The standard InChI is InChI=1S/C27H31N3O2/c1-3-18-31-22-10-8-21(9-11-22)25-19-30-17-12-20-6-4-5-7-24(20)26(27(30)28-25)32-23-13-15-29(2)16-14-23/h3-11,19,23,26H,1,12-18H2,2H3. The molecule has 3 heterocycles. The van der Waals surface area contributed by atoms with Crippen LogP contribution in [0.3, 0.4) is 0 Å². The molecule has 0 saturated carbocycles. The average Bonchev–Trinajstić information content (AvgIpc) is 3.20. The third kappa shape index (κ3) is 4.36. The highest BCUT2D eigenvalue weighted by atomic mass is 16.5. The quantitative estimate of drug-likeness (QED) is 0.524. The molecule has 2 aromatic carbocycles. The van der Waals surface area contributed by atoms with Gasteiger partial charge >= 0.3 is 0 Å². The van der Waals surface area contributed by atoms with Crippen LogP contribution in [0.2, 0.25) is 0 Å². The molecule has 2 aliphatic rings. The summed E-state index contributed by atoms with van der Waals surface area (Å²) >= 11 is 0. The molecule has 0 spiro atoms. The van der Waals surface area contributed by atoms with Crippen LogP contribution in [0.4, 0.5) is 0 Å². The first-order valence-corrected chi connectivity index (χ1v) is 11.5. The van der Waals surface area contributed by atoms with Crippen LogP contribution in [-0.2, 0) is 17.7 Å². The van der Waals surface area contributed by atoms with Gasteiger partial charge in [0.1, 0.15) is 24.3 Å². The SMILES string of the molecule is C=CCOc1ccc(-c2cn3c(n2)C(OC2CCN(C)CC2)c2ccccc2CC3)cc1. The van der Waals surface area contributed by atoms with E-state index in [1.54, 1.807) is 6.08 Å². The van der Waals surface area contributed by atoms with Gasteiger partial charge in [-0.15, -0.1) is 0 Å². The monoisotopic (exact) mass is 429 g/mol. The lowest BCUT2D eigenvalue weighted by molar-refractivity contribution is -0.0275. The number of aromatic nitrogens is 2. The van der Waals surface area contributed by atoms with E-state index < -0.39 is 0 Å². The summed E-state index contributed by atoms with van der Waals surface area (Å²) in [5.74, 6) is 1.85. The minimum absolute atomic E-state index is 0.133. The van der Waals surface area contributed by atoms with E-state index in [0.717, 1.165) is 61.7 Å². The molecule has 1 aromatic heterocycles. The first kappa shape index (κ1) is 21.0. The molecule has 1 atom stereocenters. The summed E-state index contributed by atoms with van der Waals surface area (Å²) < 4.78 is 14.7. The molecule has 5 nitrogen and oxygen atoms in total. The van der Waals surface area contributed by atoms with Crippen LogP contribution in [-0.4, -0.2) is 47.3 Å². The lowest BCUT2D eigenvalue weighted by Gasteiger charge is -2.32. The summed E-state index contributed by atoms with van der Waals surface area (Å²) in [5, 5.41) is 0. The first-order chi connectivity index (χ1) is 15.7. The maximum atomic E-state index is 6.79. The molecule has 0 N–H and O–H groups in total. The number of likely N-dealkylation sites (tertiary alicyclic amines) is 1. The van der Waals surface area contributed by atoms with E-state index in [4.69, 9.17) is 14.5 Å². The normalized spacial score (nSPS) is 19.1. The van der Waals surface area contributed by atoms with Crippen molar-refractivity contribution in [2.24, 2.45) is 0 Å². The average molecular weight is 430 g/mol. The van der Waals surface area contributed by atoms with Crippen molar-refractivity contribution in [2.45, 2.75) is 38.0 Å². The molecule has 3 aromatic rings. The molecule has 1 fully saturated rings. The Morgan fingerprint density at radius 1 is 1.06 bits per heavy atom. The first-order valence-electron chi connectivity index (χ1n) is 11.5. The van der Waals surface area contributed by atoms with Gasteiger partial charge in [-0.3, -0.25) is 0 Å². The van der Waals surface area contributed by atoms with Gasteiger partial charge in [0.05, 0.1) is 11.8 Å². The van der Waals surface area contributed by atoms with Crippen molar-refractivity contribution in [2.75, 3.05) is 26.7 Å². The Bertz CT molecular complexity index is 1060. The smallest absolute Gasteiger partial charge is 0.143 e. The van der Waals surface area contributed by atoms with E-state index in [0.29, 0.717) is 6.61 Å². The maximum absolute atomic E-state index is 6.79. The Labute approximate surface area is 190 Å². The van der Waals surface area contributed by atoms with Gasteiger partial charge in [0.25, 0.3) is 0 Å². The molecule has 1 unspecified atom stereocenters. The summed E-state index contributed by atoms with van der Waals surface area (Å²) in [6, 6.07) is 16.8.